The Bertz CT molecular complexity index is 2100. The Labute approximate surface area is 285 Å². The van der Waals surface area contributed by atoms with E-state index in [0.29, 0.717) is 0 Å². The predicted molar refractivity (Wildman–Crippen MR) is 148 cm³/mol. The SMILES string of the molecule is O=c1ccc2ccc(S(OS(=O)(=O)C(F)(F)C(F)(F)C(F)(F)C(F)(F)C(F)(F)C(F)(F)C(F)(F)C(F)(F)F)(c3ccccc3)c3ccccc3)cc2o1. The Morgan fingerprint density at radius 3 is 1.30 bits per heavy atom. The molecule has 3 aromatic carbocycles. The van der Waals surface area contributed by atoms with Crippen molar-refractivity contribution in [1.82, 2.24) is 0 Å². The Kier molecular flexibility index (Phi) is 10.0. The molecular formula is C29H15F17O5S2. The summed E-state index contributed by atoms with van der Waals surface area (Å²) >= 11 is 0. The molecular weight excluding hydrogens is 815 g/mol. The van der Waals surface area contributed by atoms with Gasteiger partial charge in [-0.05, 0) is 52.8 Å². The average molecular weight is 831 g/mol. The summed E-state index contributed by atoms with van der Waals surface area (Å²) in [6.07, 6.45) is -7.96. The Hall–Kier alpha value is -4.06. The number of hydrogen-bond acceptors (Lipinski definition) is 5. The molecule has 0 saturated carbocycles. The molecule has 0 spiro atoms. The van der Waals surface area contributed by atoms with Crippen LogP contribution in [0.3, 0.4) is 0 Å². The zero-order valence-electron chi connectivity index (χ0n) is 24.9. The highest BCUT2D eigenvalue weighted by molar-refractivity contribution is 8.33. The van der Waals surface area contributed by atoms with Crippen LogP contribution in [-0.2, 0) is 13.7 Å². The summed E-state index contributed by atoms with van der Waals surface area (Å²) in [7, 11) is -12.8. The lowest BCUT2D eigenvalue weighted by Crippen LogP contribution is -2.75. The van der Waals surface area contributed by atoms with E-state index in [1.54, 1.807) is 0 Å². The van der Waals surface area contributed by atoms with E-state index >= 15 is 8.78 Å². The first-order valence-electron chi connectivity index (χ1n) is 13.5. The molecule has 0 N–H and O–H groups in total. The molecule has 0 unspecified atom stereocenters. The van der Waals surface area contributed by atoms with E-state index in [2.05, 4.69) is 3.63 Å². The Balaban J connectivity index is 1.98. The van der Waals surface area contributed by atoms with E-state index in [1.807, 2.05) is 0 Å². The van der Waals surface area contributed by atoms with Crippen molar-refractivity contribution in [2.24, 2.45) is 0 Å². The van der Waals surface area contributed by atoms with Gasteiger partial charge in [0.15, 0.2) is 0 Å². The minimum Gasteiger partial charge on any atom is -0.423 e. The van der Waals surface area contributed by atoms with Crippen LogP contribution in [-0.4, -0.2) is 55.4 Å². The molecule has 0 atom stereocenters. The van der Waals surface area contributed by atoms with Crippen LogP contribution >= 0.6 is 10.3 Å². The molecule has 0 amide bonds. The van der Waals surface area contributed by atoms with Gasteiger partial charge in [0.25, 0.3) is 0 Å². The molecule has 0 aliphatic carbocycles. The molecule has 0 fully saturated rings. The van der Waals surface area contributed by atoms with Gasteiger partial charge in [0, 0.05) is 26.1 Å². The Morgan fingerprint density at radius 2 is 0.868 bits per heavy atom. The zero-order valence-corrected chi connectivity index (χ0v) is 26.6. The van der Waals surface area contributed by atoms with Crippen molar-refractivity contribution in [3.05, 3.63) is 101 Å². The normalized spacial score (nSPS) is 15.1. The molecule has 0 aliphatic heterocycles. The third-order valence-corrected chi connectivity index (χ3v) is 12.5. The largest absolute Gasteiger partial charge is 0.460 e. The molecule has 0 bridgehead atoms. The summed E-state index contributed by atoms with van der Waals surface area (Å²) in [5.74, 6) is -52.6. The summed E-state index contributed by atoms with van der Waals surface area (Å²) in [5.41, 5.74) is -1.56. The number of fused-ring (bicyclic) bond motifs is 1. The topological polar surface area (TPSA) is 73.6 Å². The van der Waals surface area contributed by atoms with E-state index in [9.17, 15) is 79.1 Å². The van der Waals surface area contributed by atoms with Gasteiger partial charge < -0.3 is 4.42 Å². The number of hydrogen-bond donors (Lipinski definition) is 0. The smallest absolute Gasteiger partial charge is 0.423 e. The van der Waals surface area contributed by atoms with Crippen LogP contribution in [0, 0.1) is 0 Å². The summed E-state index contributed by atoms with van der Waals surface area (Å²) in [6, 6.07) is 14.7. The van der Waals surface area contributed by atoms with Gasteiger partial charge in [-0.2, -0.15) is 83.1 Å². The lowest BCUT2D eigenvalue weighted by molar-refractivity contribution is -0.458. The van der Waals surface area contributed by atoms with Crippen LogP contribution in [0.1, 0.15) is 0 Å². The van der Waals surface area contributed by atoms with E-state index in [1.165, 1.54) is 12.1 Å². The van der Waals surface area contributed by atoms with Crippen molar-refractivity contribution in [2.75, 3.05) is 0 Å². The second-order valence-electron chi connectivity index (χ2n) is 10.6. The second kappa shape index (κ2) is 12.8. The van der Waals surface area contributed by atoms with Gasteiger partial charge in [-0.1, -0.05) is 42.5 Å². The first-order valence-corrected chi connectivity index (χ1v) is 16.5. The molecule has 1 aromatic heterocycles. The number of benzene rings is 3. The Morgan fingerprint density at radius 1 is 0.472 bits per heavy atom. The molecule has 1 heterocycles. The highest BCUT2D eigenvalue weighted by atomic mass is 32.3. The lowest BCUT2D eigenvalue weighted by Gasteiger charge is -2.43. The van der Waals surface area contributed by atoms with E-state index < -0.39 is 93.3 Å². The van der Waals surface area contributed by atoms with Crippen LogP contribution in [0.5, 0.6) is 0 Å². The van der Waals surface area contributed by atoms with Gasteiger partial charge in [0.1, 0.15) is 5.58 Å². The van der Waals surface area contributed by atoms with Crippen LogP contribution in [0.25, 0.3) is 11.0 Å². The van der Waals surface area contributed by atoms with Crippen LogP contribution < -0.4 is 5.63 Å². The first-order chi connectivity index (χ1) is 23.9. The summed E-state index contributed by atoms with van der Waals surface area (Å²) in [5, 5.41) is -7.92. The second-order valence-corrected chi connectivity index (χ2v) is 15.1. The number of halogens is 17. The highest BCUT2D eigenvalue weighted by Gasteiger charge is 2.96. The molecule has 24 heteroatoms. The lowest BCUT2D eigenvalue weighted by atomic mass is 9.91. The van der Waals surface area contributed by atoms with Crippen LogP contribution in [0.2, 0.25) is 0 Å². The zero-order chi connectivity index (χ0) is 40.5. The summed E-state index contributed by atoms with van der Waals surface area (Å²) in [4.78, 5) is 9.94. The molecule has 5 nitrogen and oxygen atoms in total. The maximum atomic E-state index is 15.4. The monoisotopic (exact) mass is 830 g/mol. The van der Waals surface area contributed by atoms with Gasteiger partial charge in [0.2, 0.25) is 0 Å². The van der Waals surface area contributed by atoms with Gasteiger partial charge in [0.05, 0.1) is 0 Å². The molecule has 292 valence electrons. The van der Waals surface area contributed by atoms with E-state index in [-0.39, 0.29) is 5.39 Å². The summed E-state index contributed by atoms with van der Waals surface area (Å²) < 4.78 is 274. The third-order valence-electron chi connectivity index (χ3n) is 7.28. The fourth-order valence-corrected chi connectivity index (χ4v) is 9.69. The quantitative estimate of drug-likeness (QED) is 0.105. The van der Waals surface area contributed by atoms with Crippen molar-refractivity contribution in [2.45, 2.75) is 61.7 Å². The first kappa shape index (κ1) is 41.7. The fraction of sp³-hybridized carbons (Fsp3) is 0.276. The van der Waals surface area contributed by atoms with Crippen molar-refractivity contribution in [1.29, 1.82) is 0 Å². The van der Waals surface area contributed by atoms with E-state index in [4.69, 9.17) is 4.42 Å². The molecule has 0 radical (unpaired) electrons. The number of rotatable bonds is 12. The van der Waals surface area contributed by atoms with Gasteiger partial charge in [-0.3, -0.25) is 0 Å². The van der Waals surface area contributed by atoms with Crippen molar-refractivity contribution >= 4 is 31.4 Å². The van der Waals surface area contributed by atoms with Crippen LogP contribution in [0.4, 0.5) is 74.6 Å². The fourth-order valence-electron chi connectivity index (χ4n) is 4.45. The van der Waals surface area contributed by atoms with Gasteiger partial charge in [-0.15, -0.1) is 0 Å². The predicted octanol–water partition coefficient (Wildman–Crippen LogP) is 10.3. The molecule has 4 aromatic rings. The van der Waals surface area contributed by atoms with Crippen molar-refractivity contribution in [3.8, 4) is 0 Å². The van der Waals surface area contributed by atoms with Crippen molar-refractivity contribution < 1.29 is 91.1 Å². The molecule has 0 aliphatic rings. The standard InChI is InChI=1S/C29H15F17O5S2/c30-22(31,24(34,35)26(38,39)28(42,43)44)23(32,33)25(36,37)27(40,41)29(45,46)53(48,49)51-52(17-7-3-1-4-8-17,18-9-5-2-6-10-18)19-13-11-16-12-14-21(47)50-20(16)15-19/h1-15H. The maximum Gasteiger partial charge on any atom is 0.460 e. The molecule has 0 saturated heterocycles. The van der Waals surface area contributed by atoms with Gasteiger partial charge >= 0.3 is 62.7 Å². The number of alkyl halides is 17. The molecule has 4 rings (SSSR count). The minimum absolute atomic E-state index is 0.0261. The van der Waals surface area contributed by atoms with Gasteiger partial charge in [-0.25, -0.2) is 8.42 Å². The summed E-state index contributed by atoms with van der Waals surface area (Å²) in [6.45, 7) is 0. The third kappa shape index (κ3) is 5.99. The van der Waals surface area contributed by atoms with E-state index in [0.717, 1.165) is 78.9 Å². The van der Waals surface area contributed by atoms with Crippen LogP contribution in [0.15, 0.2) is 115 Å². The maximum absolute atomic E-state index is 15.4. The molecule has 53 heavy (non-hydrogen) atoms. The van der Waals surface area contributed by atoms with Crippen molar-refractivity contribution in [3.63, 3.8) is 0 Å². The minimum atomic E-state index is -9.01. The highest BCUT2D eigenvalue weighted by Crippen LogP contribution is 2.72. The average Bonchev–Trinajstić information content (AvgIpc) is 3.06.